The zero-order chi connectivity index (χ0) is 14.9. The minimum absolute atomic E-state index is 0.0585. The number of aromatic nitrogens is 1. The van der Waals surface area contributed by atoms with Crippen LogP contribution in [0.4, 0.5) is 0 Å². The van der Waals surface area contributed by atoms with Crippen molar-refractivity contribution in [1.29, 1.82) is 0 Å². The summed E-state index contributed by atoms with van der Waals surface area (Å²) in [5, 5.41) is 0. The Hall–Kier alpha value is -1.82. The first-order valence-electron chi connectivity index (χ1n) is 6.94. The molecular weight excluding hydrogens is 256 g/mol. The van der Waals surface area contributed by atoms with Gasteiger partial charge in [-0.15, -0.1) is 0 Å². The van der Waals surface area contributed by atoms with Crippen LogP contribution in [0.5, 0.6) is 0 Å². The van der Waals surface area contributed by atoms with Gasteiger partial charge in [-0.05, 0) is 32.3 Å². The number of hydrogen-bond acceptors (Lipinski definition) is 3. The molecule has 0 unspecified atom stereocenters. The number of piperidine rings is 1. The molecular formula is C14H22N4O2. The second-order valence-corrected chi connectivity index (χ2v) is 5.51. The van der Waals surface area contributed by atoms with Crippen LogP contribution < -0.4 is 11.5 Å². The summed E-state index contributed by atoms with van der Waals surface area (Å²) in [4.78, 5) is 25.7. The molecule has 6 nitrogen and oxygen atoms in total. The van der Waals surface area contributed by atoms with Crippen molar-refractivity contribution in [3.63, 3.8) is 0 Å². The van der Waals surface area contributed by atoms with E-state index in [0.29, 0.717) is 17.8 Å². The normalized spacial score (nSPS) is 20.8. The molecule has 6 heteroatoms. The lowest BCUT2D eigenvalue weighted by Crippen LogP contribution is -2.52. The number of primary amides is 1. The van der Waals surface area contributed by atoms with Gasteiger partial charge in [-0.25, -0.2) is 0 Å². The van der Waals surface area contributed by atoms with E-state index in [1.807, 2.05) is 11.8 Å². The van der Waals surface area contributed by atoms with E-state index in [9.17, 15) is 9.59 Å². The van der Waals surface area contributed by atoms with Gasteiger partial charge in [0, 0.05) is 31.9 Å². The Morgan fingerprint density at radius 1 is 1.40 bits per heavy atom. The van der Waals surface area contributed by atoms with Gasteiger partial charge in [0.25, 0.3) is 5.91 Å². The maximum Gasteiger partial charge on any atom is 0.270 e. The number of amides is 2. The van der Waals surface area contributed by atoms with E-state index in [1.165, 1.54) is 0 Å². The third-order valence-corrected chi connectivity index (χ3v) is 3.93. The average Bonchev–Trinajstić information content (AvgIpc) is 2.80. The van der Waals surface area contributed by atoms with Crippen molar-refractivity contribution in [2.75, 3.05) is 6.54 Å². The molecule has 0 aliphatic carbocycles. The van der Waals surface area contributed by atoms with Gasteiger partial charge in [0.1, 0.15) is 5.69 Å². The highest BCUT2D eigenvalue weighted by atomic mass is 16.2. The van der Waals surface area contributed by atoms with Crippen LogP contribution in [-0.4, -0.2) is 39.9 Å². The van der Waals surface area contributed by atoms with Crippen LogP contribution in [0.3, 0.4) is 0 Å². The first-order chi connectivity index (χ1) is 9.41. The zero-order valence-corrected chi connectivity index (χ0v) is 12.0. The number of rotatable bonds is 3. The van der Waals surface area contributed by atoms with Gasteiger partial charge in [0.2, 0.25) is 5.91 Å². The Balaban J connectivity index is 2.27. The van der Waals surface area contributed by atoms with E-state index in [-0.39, 0.29) is 18.0 Å². The summed E-state index contributed by atoms with van der Waals surface area (Å²) >= 11 is 0. The molecule has 0 radical (unpaired) electrons. The summed E-state index contributed by atoms with van der Waals surface area (Å²) in [6, 6.07) is 1.55. The van der Waals surface area contributed by atoms with E-state index >= 15 is 0 Å². The lowest BCUT2D eigenvalue weighted by molar-refractivity contribution is 0.0574. The fourth-order valence-corrected chi connectivity index (χ4v) is 2.82. The van der Waals surface area contributed by atoms with Crippen LogP contribution in [0.2, 0.25) is 0 Å². The molecule has 1 aromatic heterocycles. The Kier molecular flexibility index (Phi) is 4.13. The number of carbonyl (C=O) groups excluding carboxylic acids is 2. The molecule has 2 rings (SSSR count). The van der Waals surface area contributed by atoms with Gasteiger partial charge in [-0.1, -0.05) is 0 Å². The molecule has 2 heterocycles. The van der Waals surface area contributed by atoms with Crippen LogP contribution in [-0.2, 0) is 7.05 Å². The molecule has 2 atom stereocenters. The topological polar surface area (TPSA) is 94.3 Å². The first-order valence-corrected chi connectivity index (χ1v) is 6.94. The largest absolute Gasteiger partial charge is 0.366 e. The molecule has 0 bridgehead atoms. The Labute approximate surface area is 118 Å². The van der Waals surface area contributed by atoms with Crippen LogP contribution in [0.1, 0.15) is 47.0 Å². The standard InChI is InChI=1S/C14H22N4O2/c1-9(15)11-5-3-4-6-18(11)14(20)12-7-10(13(16)19)8-17(12)2/h7-9,11H,3-6,15H2,1-2H3,(H2,16,19)/t9-,11-/m0/s1. The van der Waals surface area contributed by atoms with E-state index in [2.05, 4.69) is 0 Å². The van der Waals surface area contributed by atoms with Gasteiger partial charge in [-0.2, -0.15) is 0 Å². The molecule has 0 aromatic carbocycles. The molecule has 20 heavy (non-hydrogen) atoms. The summed E-state index contributed by atoms with van der Waals surface area (Å²) in [6.45, 7) is 2.64. The van der Waals surface area contributed by atoms with Crippen LogP contribution in [0.15, 0.2) is 12.3 Å². The summed E-state index contributed by atoms with van der Waals surface area (Å²) in [7, 11) is 1.74. The number of aryl methyl sites for hydroxylation is 1. The number of nitrogens with two attached hydrogens (primary N) is 2. The van der Waals surface area contributed by atoms with Crippen molar-refractivity contribution in [3.8, 4) is 0 Å². The molecule has 1 saturated heterocycles. The van der Waals surface area contributed by atoms with Crippen molar-refractivity contribution in [2.45, 2.75) is 38.3 Å². The molecule has 1 aliphatic heterocycles. The molecule has 1 aliphatic rings. The zero-order valence-electron chi connectivity index (χ0n) is 12.0. The molecule has 1 aromatic rings. The lowest BCUT2D eigenvalue weighted by Gasteiger charge is -2.38. The van der Waals surface area contributed by atoms with Crippen LogP contribution >= 0.6 is 0 Å². The third-order valence-electron chi connectivity index (χ3n) is 3.93. The third kappa shape index (κ3) is 2.70. The molecule has 0 spiro atoms. The Morgan fingerprint density at radius 2 is 2.10 bits per heavy atom. The van der Waals surface area contributed by atoms with Crippen molar-refractivity contribution in [1.82, 2.24) is 9.47 Å². The van der Waals surface area contributed by atoms with Crippen molar-refractivity contribution in [2.24, 2.45) is 18.5 Å². The lowest BCUT2D eigenvalue weighted by atomic mass is 9.96. The maximum absolute atomic E-state index is 12.7. The summed E-state index contributed by atoms with van der Waals surface area (Å²) in [6.07, 6.45) is 4.59. The smallest absolute Gasteiger partial charge is 0.270 e. The minimum Gasteiger partial charge on any atom is -0.366 e. The predicted octanol–water partition coefficient (Wildman–Crippen LogP) is 0.466. The highest BCUT2D eigenvalue weighted by molar-refractivity contribution is 5.98. The number of nitrogens with zero attached hydrogens (tertiary/aromatic N) is 2. The van der Waals surface area contributed by atoms with Gasteiger partial charge < -0.3 is 20.9 Å². The van der Waals surface area contributed by atoms with Crippen molar-refractivity contribution >= 4 is 11.8 Å². The van der Waals surface area contributed by atoms with Gasteiger partial charge in [0.05, 0.1) is 5.56 Å². The van der Waals surface area contributed by atoms with Gasteiger partial charge >= 0.3 is 0 Å². The van der Waals surface area contributed by atoms with E-state index < -0.39 is 5.91 Å². The fraction of sp³-hybridized carbons (Fsp3) is 0.571. The SMILES string of the molecule is C[C@H](N)[C@@H]1CCCCN1C(=O)c1cc(C(N)=O)cn1C. The molecule has 1 fully saturated rings. The average molecular weight is 278 g/mol. The second kappa shape index (κ2) is 5.66. The Morgan fingerprint density at radius 3 is 2.65 bits per heavy atom. The van der Waals surface area contributed by atoms with Crippen molar-refractivity contribution in [3.05, 3.63) is 23.5 Å². The fourth-order valence-electron chi connectivity index (χ4n) is 2.82. The number of carbonyl (C=O) groups is 2. The van der Waals surface area contributed by atoms with E-state index in [0.717, 1.165) is 19.3 Å². The molecule has 0 saturated carbocycles. The van der Waals surface area contributed by atoms with Gasteiger partial charge in [-0.3, -0.25) is 9.59 Å². The van der Waals surface area contributed by atoms with E-state index in [1.54, 1.807) is 23.9 Å². The second-order valence-electron chi connectivity index (χ2n) is 5.51. The molecule has 4 N–H and O–H groups in total. The van der Waals surface area contributed by atoms with Crippen LogP contribution in [0, 0.1) is 0 Å². The number of hydrogen-bond donors (Lipinski definition) is 2. The number of likely N-dealkylation sites (tertiary alicyclic amines) is 1. The monoisotopic (exact) mass is 278 g/mol. The summed E-state index contributed by atoms with van der Waals surface area (Å²) < 4.78 is 1.65. The molecule has 2 amide bonds. The van der Waals surface area contributed by atoms with Gasteiger partial charge in [0.15, 0.2) is 0 Å². The quantitative estimate of drug-likeness (QED) is 0.841. The summed E-state index contributed by atoms with van der Waals surface area (Å²) in [5.41, 5.74) is 12.1. The molecule has 110 valence electrons. The maximum atomic E-state index is 12.7. The minimum atomic E-state index is -0.526. The predicted molar refractivity (Wildman–Crippen MR) is 76.3 cm³/mol. The Bertz CT molecular complexity index is 521. The first kappa shape index (κ1) is 14.6. The van der Waals surface area contributed by atoms with Crippen molar-refractivity contribution < 1.29 is 9.59 Å². The highest BCUT2D eigenvalue weighted by Gasteiger charge is 2.31. The van der Waals surface area contributed by atoms with Crippen LogP contribution in [0.25, 0.3) is 0 Å². The summed E-state index contributed by atoms with van der Waals surface area (Å²) in [5.74, 6) is -0.607. The highest BCUT2D eigenvalue weighted by Crippen LogP contribution is 2.22. The van der Waals surface area contributed by atoms with E-state index in [4.69, 9.17) is 11.5 Å².